The summed E-state index contributed by atoms with van der Waals surface area (Å²) in [5.41, 5.74) is 6.18. The van der Waals surface area contributed by atoms with Gasteiger partial charge in [-0.25, -0.2) is 9.97 Å². The number of fused-ring (bicyclic) bond motifs is 5. The topological polar surface area (TPSA) is 80.6 Å². The third-order valence-electron chi connectivity index (χ3n) is 8.55. The van der Waals surface area contributed by atoms with Gasteiger partial charge in [-0.1, -0.05) is 85.6 Å². The van der Waals surface area contributed by atoms with Crippen LogP contribution >= 0.6 is 11.8 Å². The molecule has 0 unspecified atom stereocenters. The molecule has 2 aliphatic carbocycles. The van der Waals surface area contributed by atoms with Crippen molar-refractivity contribution in [2.45, 2.75) is 61.8 Å². The fourth-order valence-electron chi connectivity index (χ4n) is 6.66. The Morgan fingerprint density at radius 2 is 1.65 bits per heavy atom. The van der Waals surface area contributed by atoms with E-state index in [2.05, 4.69) is 23.2 Å². The lowest BCUT2D eigenvalue weighted by molar-refractivity contribution is 0.285. The van der Waals surface area contributed by atoms with Crippen LogP contribution in [0.3, 0.4) is 0 Å². The summed E-state index contributed by atoms with van der Waals surface area (Å²) in [7, 11) is 0. The zero-order chi connectivity index (χ0) is 27.3. The first-order chi connectivity index (χ1) is 19.5. The molecule has 6 nitrogen and oxygen atoms in total. The molecule has 1 fully saturated rings. The summed E-state index contributed by atoms with van der Waals surface area (Å²) >= 11 is 1.42. The van der Waals surface area contributed by atoms with Gasteiger partial charge in [0.1, 0.15) is 5.82 Å². The van der Waals surface area contributed by atoms with E-state index in [1.54, 1.807) is 4.57 Å². The maximum absolute atomic E-state index is 13.8. The molecule has 7 heteroatoms. The first kappa shape index (κ1) is 25.0. The zero-order valence-electron chi connectivity index (χ0n) is 22.4. The van der Waals surface area contributed by atoms with Gasteiger partial charge in [0.15, 0.2) is 5.16 Å². The molecule has 0 aliphatic heterocycles. The van der Waals surface area contributed by atoms with Crippen molar-refractivity contribution in [2.75, 3.05) is 0 Å². The van der Waals surface area contributed by atoms with E-state index < -0.39 is 0 Å². The van der Waals surface area contributed by atoms with Gasteiger partial charge >= 0.3 is 0 Å². The minimum atomic E-state index is -0.139. The van der Waals surface area contributed by atoms with Gasteiger partial charge in [-0.3, -0.25) is 14.2 Å². The molecule has 5 aromatic rings. The lowest BCUT2D eigenvalue weighted by atomic mass is 9.62. The third-order valence-corrected chi connectivity index (χ3v) is 9.50. The minimum absolute atomic E-state index is 0.0280. The van der Waals surface area contributed by atoms with Crippen LogP contribution < -0.4 is 11.1 Å². The number of aromatic amines is 1. The molecule has 7 rings (SSSR count). The Hall–Kier alpha value is -3.97. The molecule has 2 aliphatic rings. The fourth-order valence-corrected chi connectivity index (χ4v) is 7.53. The number of hydrogen-bond donors (Lipinski definition) is 1. The zero-order valence-corrected chi connectivity index (χ0v) is 23.3. The number of rotatable bonds is 4. The average molecular weight is 547 g/mol. The Morgan fingerprint density at radius 3 is 2.50 bits per heavy atom. The van der Waals surface area contributed by atoms with Crippen molar-refractivity contribution < 1.29 is 0 Å². The highest BCUT2D eigenvalue weighted by atomic mass is 32.2. The molecule has 0 radical (unpaired) electrons. The summed E-state index contributed by atoms with van der Waals surface area (Å²) in [4.78, 5) is 40.6. The van der Waals surface area contributed by atoms with E-state index in [0.717, 1.165) is 60.2 Å². The number of nitrogens with one attached hydrogen (secondary N) is 1. The number of hydrogen-bond acceptors (Lipinski definition) is 5. The number of H-pyrrole nitrogens is 1. The summed E-state index contributed by atoms with van der Waals surface area (Å²) in [5.74, 6) is 0.976. The van der Waals surface area contributed by atoms with E-state index in [1.807, 2.05) is 61.5 Å². The first-order valence-corrected chi connectivity index (χ1v) is 15.0. The van der Waals surface area contributed by atoms with Gasteiger partial charge < -0.3 is 4.98 Å². The lowest BCUT2D eigenvalue weighted by Gasteiger charge is -2.41. The van der Waals surface area contributed by atoms with Gasteiger partial charge in [-0.2, -0.15) is 0 Å². The Balaban J connectivity index is 1.33. The highest BCUT2D eigenvalue weighted by molar-refractivity contribution is 7.98. The van der Waals surface area contributed by atoms with Gasteiger partial charge in [0.2, 0.25) is 0 Å². The number of para-hydroxylation sites is 2. The molecule has 1 N–H and O–H groups in total. The monoisotopic (exact) mass is 546 g/mol. The second kappa shape index (κ2) is 9.89. The Bertz CT molecular complexity index is 1880. The van der Waals surface area contributed by atoms with Crippen LogP contribution in [0.25, 0.3) is 27.8 Å². The van der Waals surface area contributed by atoms with Gasteiger partial charge in [0.05, 0.1) is 33.6 Å². The highest BCUT2D eigenvalue weighted by Gasteiger charge is 2.42. The standard InChI is InChI=1S/C33H30N4O2S/c1-21-11-3-8-16-26(21)37-31(39)24-14-6-7-15-25(24)34-32(37)40-20-27-35-29-23-13-5-4-12-22(23)19-33(17-9-2-10-18-33)28(29)30(38)36-27/h3-8,11-16H,2,9-10,17-20H2,1H3,(H,35,36,38). The van der Waals surface area contributed by atoms with Crippen molar-refractivity contribution in [3.8, 4) is 16.9 Å². The van der Waals surface area contributed by atoms with Crippen molar-refractivity contribution in [2.24, 2.45) is 0 Å². The predicted octanol–water partition coefficient (Wildman–Crippen LogP) is 6.49. The minimum Gasteiger partial charge on any atom is -0.310 e. The van der Waals surface area contributed by atoms with Gasteiger partial charge in [-0.15, -0.1) is 0 Å². The number of aromatic nitrogens is 4. The van der Waals surface area contributed by atoms with Crippen LogP contribution in [-0.2, 0) is 17.6 Å². The van der Waals surface area contributed by atoms with Gasteiger partial charge in [0, 0.05) is 11.0 Å². The van der Waals surface area contributed by atoms with Crippen LogP contribution in [-0.4, -0.2) is 19.5 Å². The lowest BCUT2D eigenvalue weighted by Crippen LogP contribution is -2.41. The molecule has 3 aromatic carbocycles. The summed E-state index contributed by atoms with van der Waals surface area (Å²) < 4.78 is 1.69. The molecule has 1 spiro atoms. The van der Waals surface area contributed by atoms with Crippen molar-refractivity contribution in [3.05, 3.63) is 116 Å². The van der Waals surface area contributed by atoms with Crippen molar-refractivity contribution in [1.82, 2.24) is 19.5 Å². The summed E-state index contributed by atoms with van der Waals surface area (Å²) in [6.45, 7) is 1.99. The molecule has 2 heterocycles. The summed E-state index contributed by atoms with van der Waals surface area (Å²) in [5, 5.41) is 1.15. The summed E-state index contributed by atoms with van der Waals surface area (Å²) in [6.07, 6.45) is 6.46. The Kier molecular flexibility index (Phi) is 6.19. The molecule has 0 bridgehead atoms. The molecule has 0 amide bonds. The molecule has 1 saturated carbocycles. The molecule has 40 heavy (non-hydrogen) atoms. The van der Waals surface area contributed by atoms with Crippen LogP contribution in [0.1, 0.15) is 54.6 Å². The fraction of sp³-hybridized carbons (Fsp3) is 0.273. The third kappa shape index (κ3) is 4.11. The Morgan fingerprint density at radius 1 is 0.900 bits per heavy atom. The smallest absolute Gasteiger partial charge is 0.266 e. The highest BCUT2D eigenvalue weighted by Crippen LogP contribution is 2.48. The van der Waals surface area contributed by atoms with Crippen LogP contribution in [0.2, 0.25) is 0 Å². The van der Waals surface area contributed by atoms with Gasteiger partial charge in [-0.05, 0) is 55.5 Å². The number of thioether (sulfide) groups is 1. The van der Waals surface area contributed by atoms with Crippen LogP contribution in [0, 0.1) is 6.92 Å². The molecule has 2 aromatic heterocycles. The number of aryl methyl sites for hydroxylation is 1. The SMILES string of the molecule is Cc1ccccc1-n1c(SCc2nc3c(c(=O)[nH]2)C2(CCCCC2)Cc2ccccc2-3)nc2ccccc2c1=O. The van der Waals surface area contributed by atoms with Crippen molar-refractivity contribution in [3.63, 3.8) is 0 Å². The molecule has 0 atom stereocenters. The number of benzene rings is 3. The second-order valence-electron chi connectivity index (χ2n) is 11.0. The molecular formula is C33H30N4O2S. The van der Waals surface area contributed by atoms with Crippen molar-refractivity contribution in [1.29, 1.82) is 0 Å². The van der Waals surface area contributed by atoms with Crippen LogP contribution in [0.15, 0.2) is 87.5 Å². The molecular weight excluding hydrogens is 516 g/mol. The second-order valence-corrected chi connectivity index (χ2v) is 12.0. The van der Waals surface area contributed by atoms with E-state index in [-0.39, 0.29) is 16.5 Å². The maximum atomic E-state index is 13.8. The van der Waals surface area contributed by atoms with Crippen LogP contribution in [0.4, 0.5) is 0 Å². The van der Waals surface area contributed by atoms with E-state index >= 15 is 0 Å². The summed E-state index contributed by atoms with van der Waals surface area (Å²) in [6, 6.07) is 23.6. The predicted molar refractivity (Wildman–Crippen MR) is 160 cm³/mol. The van der Waals surface area contributed by atoms with Gasteiger partial charge in [0.25, 0.3) is 11.1 Å². The van der Waals surface area contributed by atoms with Crippen molar-refractivity contribution >= 4 is 22.7 Å². The average Bonchev–Trinajstić information content (AvgIpc) is 2.97. The normalized spacial score (nSPS) is 15.6. The van der Waals surface area contributed by atoms with E-state index in [1.165, 1.54) is 23.7 Å². The number of nitrogens with zero attached hydrogens (tertiary/aromatic N) is 3. The van der Waals surface area contributed by atoms with Crippen LogP contribution in [0.5, 0.6) is 0 Å². The van der Waals surface area contributed by atoms with E-state index in [9.17, 15) is 9.59 Å². The largest absolute Gasteiger partial charge is 0.310 e. The molecule has 200 valence electrons. The van der Waals surface area contributed by atoms with E-state index in [0.29, 0.717) is 27.6 Å². The Labute approximate surface area is 236 Å². The maximum Gasteiger partial charge on any atom is 0.266 e. The quantitative estimate of drug-likeness (QED) is 0.206. The first-order valence-electron chi connectivity index (χ1n) is 14.0. The molecule has 0 saturated heterocycles. The van der Waals surface area contributed by atoms with E-state index in [4.69, 9.17) is 9.97 Å².